The highest BCUT2D eigenvalue weighted by Gasteiger charge is 2.25. The first kappa shape index (κ1) is 16.0. The molecule has 3 N–H and O–H groups in total. The van der Waals surface area contributed by atoms with Gasteiger partial charge in [-0.2, -0.15) is 0 Å². The number of hydrogen-bond acceptors (Lipinski definition) is 3. The molecule has 0 radical (unpaired) electrons. The molecule has 4 heteroatoms. The quantitative estimate of drug-likeness (QED) is 0.867. The van der Waals surface area contributed by atoms with Crippen molar-refractivity contribution in [2.24, 2.45) is 5.73 Å². The van der Waals surface area contributed by atoms with Crippen LogP contribution in [0.3, 0.4) is 0 Å². The van der Waals surface area contributed by atoms with Gasteiger partial charge < -0.3 is 15.6 Å². The van der Waals surface area contributed by atoms with Crippen molar-refractivity contribution in [3.8, 4) is 5.75 Å². The standard InChI is InChI=1S/C17H20BrNO2/c1-11-12(7-5-8-15(11)18)17(20)14(10-19)13-6-3-4-9-16(13)21-2/h3-9,14,17,20H,10,19H2,1-2H3. The zero-order valence-corrected chi connectivity index (χ0v) is 13.8. The third kappa shape index (κ3) is 3.28. The van der Waals surface area contributed by atoms with Crippen LogP contribution in [0.25, 0.3) is 0 Å². The number of hydrogen-bond donors (Lipinski definition) is 2. The summed E-state index contributed by atoms with van der Waals surface area (Å²) in [6.45, 7) is 2.33. The fraction of sp³-hybridized carbons (Fsp3) is 0.294. The Morgan fingerprint density at radius 1 is 1.14 bits per heavy atom. The number of aliphatic hydroxyl groups excluding tert-OH is 1. The van der Waals surface area contributed by atoms with Crippen LogP contribution in [-0.2, 0) is 0 Å². The Labute approximate surface area is 133 Å². The maximum atomic E-state index is 10.8. The molecular weight excluding hydrogens is 330 g/mol. The lowest BCUT2D eigenvalue weighted by Gasteiger charge is -2.25. The fourth-order valence-corrected chi connectivity index (χ4v) is 2.94. The van der Waals surface area contributed by atoms with Crippen LogP contribution in [0.1, 0.15) is 28.7 Å². The van der Waals surface area contributed by atoms with E-state index in [9.17, 15) is 5.11 Å². The van der Waals surface area contributed by atoms with E-state index in [1.165, 1.54) is 0 Å². The van der Waals surface area contributed by atoms with Crippen molar-refractivity contribution in [2.75, 3.05) is 13.7 Å². The minimum absolute atomic E-state index is 0.214. The van der Waals surface area contributed by atoms with Gasteiger partial charge in [0.05, 0.1) is 13.2 Å². The highest BCUT2D eigenvalue weighted by Crippen LogP contribution is 2.37. The van der Waals surface area contributed by atoms with Gasteiger partial charge in [0.15, 0.2) is 0 Å². The number of methoxy groups -OCH3 is 1. The topological polar surface area (TPSA) is 55.5 Å². The van der Waals surface area contributed by atoms with Crippen LogP contribution in [0.4, 0.5) is 0 Å². The normalized spacial score (nSPS) is 13.8. The predicted octanol–water partition coefficient (Wildman–Crippen LogP) is 3.54. The van der Waals surface area contributed by atoms with Crippen molar-refractivity contribution in [3.05, 3.63) is 63.6 Å². The van der Waals surface area contributed by atoms with Crippen LogP contribution in [0.5, 0.6) is 5.75 Å². The van der Waals surface area contributed by atoms with Gasteiger partial charge in [0.25, 0.3) is 0 Å². The van der Waals surface area contributed by atoms with E-state index in [0.29, 0.717) is 6.54 Å². The number of ether oxygens (including phenoxy) is 1. The zero-order valence-electron chi connectivity index (χ0n) is 12.2. The molecule has 0 saturated carbocycles. The smallest absolute Gasteiger partial charge is 0.122 e. The third-order valence-electron chi connectivity index (χ3n) is 3.80. The summed E-state index contributed by atoms with van der Waals surface area (Å²) in [5.74, 6) is 0.536. The molecule has 0 aromatic heterocycles. The molecule has 0 amide bonds. The van der Waals surface area contributed by atoms with Gasteiger partial charge in [-0.15, -0.1) is 0 Å². The largest absolute Gasteiger partial charge is 0.496 e. The van der Waals surface area contributed by atoms with Crippen molar-refractivity contribution in [2.45, 2.75) is 18.9 Å². The maximum absolute atomic E-state index is 10.8. The van der Waals surface area contributed by atoms with Crippen LogP contribution < -0.4 is 10.5 Å². The summed E-state index contributed by atoms with van der Waals surface area (Å²) in [5, 5.41) is 10.8. The molecule has 0 bridgehead atoms. The van der Waals surface area contributed by atoms with Crippen molar-refractivity contribution < 1.29 is 9.84 Å². The Morgan fingerprint density at radius 2 is 1.81 bits per heavy atom. The summed E-state index contributed by atoms with van der Waals surface area (Å²) in [6.07, 6.45) is -0.677. The van der Waals surface area contributed by atoms with Crippen molar-refractivity contribution in [3.63, 3.8) is 0 Å². The molecule has 3 nitrogen and oxygen atoms in total. The van der Waals surface area contributed by atoms with Crippen LogP contribution in [0.2, 0.25) is 0 Å². The third-order valence-corrected chi connectivity index (χ3v) is 4.66. The van der Waals surface area contributed by atoms with Crippen LogP contribution >= 0.6 is 15.9 Å². The zero-order chi connectivity index (χ0) is 15.4. The molecule has 0 spiro atoms. The minimum Gasteiger partial charge on any atom is -0.496 e. The molecule has 2 unspecified atom stereocenters. The summed E-state index contributed by atoms with van der Waals surface area (Å²) < 4.78 is 6.37. The highest BCUT2D eigenvalue weighted by molar-refractivity contribution is 9.10. The Hall–Kier alpha value is -1.36. The first-order chi connectivity index (χ1) is 10.1. The molecular formula is C17H20BrNO2. The van der Waals surface area contributed by atoms with E-state index >= 15 is 0 Å². The van der Waals surface area contributed by atoms with Gasteiger partial charge in [-0.25, -0.2) is 0 Å². The Kier molecular flexibility index (Phi) is 5.39. The Morgan fingerprint density at radius 3 is 2.48 bits per heavy atom. The molecule has 0 heterocycles. The lowest BCUT2D eigenvalue weighted by molar-refractivity contribution is 0.145. The van der Waals surface area contributed by atoms with E-state index in [1.807, 2.05) is 49.4 Å². The van der Waals surface area contributed by atoms with Gasteiger partial charge in [-0.05, 0) is 30.2 Å². The van der Waals surface area contributed by atoms with Gasteiger partial charge in [-0.1, -0.05) is 46.3 Å². The molecule has 0 saturated heterocycles. The molecule has 2 aromatic rings. The second-order valence-corrected chi connectivity index (χ2v) is 5.84. The monoisotopic (exact) mass is 349 g/mol. The van der Waals surface area contributed by atoms with Gasteiger partial charge in [0.2, 0.25) is 0 Å². The summed E-state index contributed by atoms with van der Waals surface area (Å²) in [7, 11) is 1.63. The van der Waals surface area contributed by atoms with Crippen molar-refractivity contribution >= 4 is 15.9 Å². The summed E-state index contributed by atoms with van der Waals surface area (Å²) in [4.78, 5) is 0. The predicted molar refractivity (Wildman–Crippen MR) is 88.6 cm³/mol. The summed E-state index contributed by atoms with van der Waals surface area (Å²) in [6, 6.07) is 13.5. The van der Waals surface area contributed by atoms with Crippen LogP contribution in [0.15, 0.2) is 46.9 Å². The molecule has 0 aliphatic carbocycles. The molecule has 2 atom stereocenters. The number of benzene rings is 2. The SMILES string of the molecule is COc1ccccc1C(CN)C(O)c1cccc(Br)c1C. The molecule has 0 aliphatic heterocycles. The first-order valence-electron chi connectivity index (χ1n) is 6.86. The average molecular weight is 350 g/mol. The molecule has 0 fully saturated rings. The van der Waals surface area contributed by atoms with E-state index in [1.54, 1.807) is 7.11 Å². The lowest BCUT2D eigenvalue weighted by Crippen LogP contribution is -2.21. The van der Waals surface area contributed by atoms with Gasteiger partial charge >= 0.3 is 0 Å². The number of rotatable bonds is 5. The van der Waals surface area contributed by atoms with E-state index in [4.69, 9.17) is 10.5 Å². The fourth-order valence-electron chi connectivity index (χ4n) is 2.56. The summed E-state index contributed by atoms with van der Waals surface area (Å²) >= 11 is 3.50. The molecule has 0 aliphatic rings. The molecule has 112 valence electrons. The van der Waals surface area contributed by atoms with E-state index < -0.39 is 6.10 Å². The molecule has 2 rings (SSSR count). The average Bonchev–Trinajstić information content (AvgIpc) is 2.51. The van der Waals surface area contributed by atoms with Crippen LogP contribution in [0, 0.1) is 6.92 Å². The van der Waals surface area contributed by atoms with Crippen molar-refractivity contribution in [1.29, 1.82) is 0 Å². The maximum Gasteiger partial charge on any atom is 0.122 e. The molecule has 2 aromatic carbocycles. The van der Waals surface area contributed by atoms with Crippen LogP contribution in [-0.4, -0.2) is 18.8 Å². The first-order valence-corrected chi connectivity index (χ1v) is 7.65. The second-order valence-electron chi connectivity index (χ2n) is 4.98. The lowest BCUT2D eigenvalue weighted by atomic mass is 9.87. The minimum atomic E-state index is -0.677. The van der Waals surface area contributed by atoms with E-state index in [-0.39, 0.29) is 5.92 Å². The number of para-hydroxylation sites is 1. The van der Waals surface area contributed by atoms with Gasteiger partial charge in [0.1, 0.15) is 5.75 Å². The van der Waals surface area contributed by atoms with E-state index in [2.05, 4.69) is 15.9 Å². The van der Waals surface area contributed by atoms with Crippen molar-refractivity contribution in [1.82, 2.24) is 0 Å². The summed E-state index contributed by atoms with van der Waals surface area (Å²) in [5.41, 5.74) is 8.76. The number of aliphatic hydroxyl groups is 1. The molecule has 21 heavy (non-hydrogen) atoms. The van der Waals surface area contributed by atoms with Gasteiger partial charge in [-0.3, -0.25) is 0 Å². The second kappa shape index (κ2) is 7.07. The highest BCUT2D eigenvalue weighted by atomic mass is 79.9. The number of nitrogens with two attached hydrogens (primary N) is 1. The van der Waals surface area contributed by atoms with Gasteiger partial charge in [0, 0.05) is 22.5 Å². The number of halogens is 1. The Bertz CT molecular complexity index is 615. The van der Waals surface area contributed by atoms with E-state index in [0.717, 1.165) is 26.9 Å². The Balaban J connectivity index is 2.43.